The van der Waals surface area contributed by atoms with E-state index in [2.05, 4.69) is 0 Å². The minimum atomic E-state index is -4.94. The summed E-state index contributed by atoms with van der Waals surface area (Å²) < 4.78 is 75.7. The highest BCUT2D eigenvalue weighted by atomic mass is 32.2. The zero-order valence-corrected chi connectivity index (χ0v) is 11.0. The Balaban J connectivity index is 3.16. The van der Waals surface area contributed by atoms with Crippen molar-refractivity contribution in [2.45, 2.75) is 24.8 Å². The van der Waals surface area contributed by atoms with Gasteiger partial charge in [0, 0.05) is 5.69 Å². The van der Waals surface area contributed by atoms with E-state index in [1.54, 1.807) is 0 Å². The number of hydrogen-bond donors (Lipinski definition) is 1. The largest absolute Gasteiger partial charge is 0.419 e. The Bertz CT molecular complexity index is 635. The number of nitrogens with one attached hydrogen (secondary N) is 1. The zero-order chi connectivity index (χ0) is 15.6. The summed E-state index contributed by atoms with van der Waals surface area (Å²) in [6, 6.07) is 3.23. The van der Waals surface area contributed by atoms with Crippen LogP contribution in [0.2, 0.25) is 0 Å². The number of anilines is 1. The molecule has 0 spiro atoms. The van der Waals surface area contributed by atoms with E-state index >= 15 is 0 Å². The molecule has 0 saturated carbocycles. The van der Waals surface area contributed by atoms with Crippen molar-refractivity contribution < 1.29 is 26.0 Å². The van der Waals surface area contributed by atoms with Crippen LogP contribution in [0.1, 0.15) is 18.9 Å². The molecule has 1 aromatic carbocycles. The Kier molecular flexibility index (Phi) is 4.60. The highest BCUT2D eigenvalue weighted by Gasteiger charge is 2.34. The van der Waals surface area contributed by atoms with Gasteiger partial charge in [-0.05, 0) is 24.6 Å². The molecule has 9 heteroatoms. The summed E-state index contributed by atoms with van der Waals surface area (Å²) in [6.45, 7) is 1.44. The van der Waals surface area contributed by atoms with Crippen molar-refractivity contribution in [2.75, 3.05) is 4.72 Å². The molecule has 1 atom stereocenters. The van der Waals surface area contributed by atoms with Crippen molar-refractivity contribution >= 4 is 15.7 Å². The van der Waals surface area contributed by atoms with Crippen molar-refractivity contribution in [1.29, 1.82) is 5.26 Å². The number of alkyl halides is 3. The average Bonchev–Trinajstić information content (AvgIpc) is 2.31. The van der Waals surface area contributed by atoms with E-state index < -0.39 is 38.5 Å². The number of benzene rings is 1. The molecule has 1 N–H and O–H groups in total. The SMILES string of the molecule is CCC(C#N)S(=O)(=O)Nc1ccc(F)c(C(F)(F)F)c1. The molecule has 1 unspecified atom stereocenters. The van der Waals surface area contributed by atoms with Crippen LogP contribution in [-0.4, -0.2) is 13.7 Å². The van der Waals surface area contributed by atoms with Gasteiger partial charge in [-0.3, -0.25) is 4.72 Å². The molecule has 4 nitrogen and oxygen atoms in total. The highest BCUT2D eigenvalue weighted by Crippen LogP contribution is 2.33. The van der Waals surface area contributed by atoms with Gasteiger partial charge in [0.2, 0.25) is 10.0 Å². The third kappa shape index (κ3) is 3.60. The molecule has 110 valence electrons. The first-order valence-electron chi connectivity index (χ1n) is 5.39. The highest BCUT2D eigenvalue weighted by molar-refractivity contribution is 7.93. The van der Waals surface area contributed by atoms with Gasteiger partial charge in [0.15, 0.2) is 5.25 Å². The van der Waals surface area contributed by atoms with Gasteiger partial charge in [-0.1, -0.05) is 6.92 Å². The lowest BCUT2D eigenvalue weighted by atomic mass is 10.2. The van der Waals surface area contributed by atoms with Crippen LogP contribution in [0.25, 0.3) is 0 Å². The Hall–Kier alpha value is -1.82. The van der Waals surface area contributed by atoms with E-state index in [1.165, 1.54) is 13.0 Å². The zero-order valence-electron chi connectivity index (χ0n) is 10.2. The van der Waals surface area contributed by atoms with Gasteiger partial charge in [0.25, 0.3) is 0 Å². The molecule has 0 aromatic heterocycles. The first-order valence-corrected chi connectivity index (χ1v) is 6.94. The van der Waals surface area contributed by atoms with Crippen molar-refractivity contribution in [3.8, 4) is 6.07 Å². The second-order valence-electron chi connectivity index (χ2n) is 3.87. The molecule has 0 aliphatic heterocycles. The Morgan fingerprint density at radius 1 is 1.40 bits per heavy atom. The van der Waals surface area contributed by atoms with Crippen molar-refractivity contribution in [1.82, 2.24) is 0 Å². The third-order valence-corrected chi connectivity index (χ3v) is 4.13. The van der Waals surface area contributed by atoms with Gasteiger partial charge in [0.05, 0.1) is 11.6 Å². The van der Waals surface area contributed by atoms with Gasteiger partial charge in [0.1, 0.15) is 5.82 Å². The predicted octanol–water partition coefficient (Wildman–Crippen LogP) is 2.89. The summed E-state index contributed by atoms with van der Waals surface area (Å²) >= 11 is 0. The Labute approximate surface area is 113 Å². The third-order valence-electron chi connectivity index (χ3n) is 2.42. The second kappa shape index (κ2) is 5.66. The van der Waals surface area contributed by atoms with Crippen LogP contribution in [0.15, 0.2) is 18.2 Å². The molecule has 0 amide bonds. The van der Waals surface area contributed by atoms with Crippen molar-refractivity contribution in [2.24, 2.45) is 0 Å². The van der Waals surface area contributed by atoms with Crippen LogP contribution in [0.3, 0.4) is 0 Å². The maximum Gasteiger partial charge on any atom is 0.419 e. The number of sulfonamides is 1. The monoisotopic (exact) mass is 310 g/mol. The normalized spacial score (nSPS) is 13.6. The van der Waals surface area contributed by atoms with E-state index in [1.807, 2.05) is 4.72 Å². The molecule has 0 radical (unpaired) electrons. The average molecular weight is 310 g/mol. The molecular formula is C11H10F4N2O2S. The van der Waals surface area contributed by atoms with E-state index in [4.69, 9.17) is 5.26 Å². The molecule has 1 aromatic rings. The fourth-order valence-corrected chi connectivity index (χ4v) is 2.60. The standard InChI is InChI=1S/C11H10F4N2O2S/c1-2-8(6-16)20(18,19)17-7-3-4-10(12)9(5-7)11(13,14)15/h3-5,8,17H,2H2,1H3. The van der Waals surface area contributed by atoms with Gasteiger partial charge >= 0.3 is 6.18 Å². The number of nitrogens with zero attached hydrogens (tertiary/aromatic N) is 1. The molecule has 0 aliphatic rings. The van der Waals surface area contributed by atoms with Crippen LogP contribution in [-0.2, 0) is 16.2 Å². The summed E-state index contributed by atoms with van der Waals surface area (Å²) in [7, 11) is -4.15. The van der Waals surface area contributed by atoms with Gasteiger partial charge in [-0.15, -0.1) is 0 Å². The molecule has 0 bridgehead atoms. The van der Waals surface area contributed by atoms with Crippen molar-refractivity contribution in [3.05, 3.63) is 29.6 Å². The summed E-state index contributed by atoms with van der Waals surface area (Å²) in [5.41, 5.74) is -2.03. The molecule has 0 heterocycles. The first kappa shape index (κ1) is 16.2. The molecule has 20 heavy (non-hydrogen) atoms. The first-order chi connectivity index (χ1) is 9.11. The van der Waals surface area contributed by atoms with Crippen LogP contribution < -0.4 is 4.72 Å². The number of rotatable bonds is 4. The van der Waals surface area contributed by atoms with Crippen LogP contribution in [0, 0.1) is 17.1 Å². The summed E-state index contributed by atoms with van der Waals surface area (Å²) in [5.74, 6) is -1.51. The van der Waals surface area contributed by atoms with E-state index in [0.29, 0.717) is 12.1 Å². The minimum absolute atomic E-state index is 0.0286. The fraction of sp³-hybridized carbons (Fsp3) is 0.364. The van der Waals surface area contributed by atoms with Gasteiger partial charge < -0.3 is 0 Å². The maximum atomic E-state index is 13.0. The van der Waals surface area contributed by atoms with E-state index in [0.717, 1.165) is 6.07 Å². The maximum absolute atomic E-state index is 13.0. The minimum Gasteiger partial charge on any atom is -0.282 e. The lowest BCUT2D eigenvalue weighted by Gasteiger charge is -2.13. The number of nitriles is 1. The fourth-order valence-electron chi connectivity index (χ4n) is 1.42. The Morgan fingerprint density at radius 2 is 2.00 bits per heavy atom. The van der Waals surface area contributed by atoms with Crippen LogP contribution in [0.5, 0.6) is 0 Å². The van der Waals surface area contributed by atoms with Crippen LogP contribution in [0.4, 0.5) is 23.2 Å². The van der Waals surface area contributed by atoms with Crippen LogP contribution >= 0.6 is 0 Å². The quantitative estimate of drug-likeness (QED) is 0.869. The Morgan fingerprint density at radius 3 is 2.45 bits per heavy atom. The topological polar surface area (TPSA) is 70.0 Å². The van der Waals surface area contributed by atoms with Crippen molar-refractivity contribution in [3.63, 3.8) is 0 Å². The van der Waals surface area contributed by atoms with Gasteiger partial charge in [-0.2, -0.15) is 18.4 Å². The molecular weight excluding hydrogens is 300 g/mol. The second-order valence-corrected chi connectivity index (χ2v) is 5.73. The predicted molar refractivity (Wildman–Crippen MR) is 63.6 cm³/mol. The van der Waals surface area contributed by atoms with E-state index in [-0.39, 0.29) is 6.42 Å². The smallest absolute Gasteiger partial charge is 0.282 e. The van der Waals surface area contributed by atoms with Gasteiger partial charge in [-0.25, -0.2) is 12.8 Å². The lowest BCUT2D eigenvalue weighted by Crippen LogP contribution is -2.26. The summed E-state index contributed by atoms with van der Waals surface area (Å²) in [4.78, 5) is 0. The summed E-state index contributed by atoms with van der Waals surface area (Å²) in [5, 5.41) is 7.26. The molecule has 0 aliphatic carbocycles. The molecule has 0 fully saturated rings. The number of hydrogen-bond acceptors (Lipinski definition) is 3. The lowest BCUT2D eigenvalue weighted by molar-refractivity contribution is -0.139. The molecule has 0 saturated heterocycles. The summed E-state index contributed by atoms with van der Waals surface area (Å²) in [6.07, 6.45) is -4.97. The molecule has 1 rings (SSSR count). The van der Waals surface area contributed by atoms with E-state index in [9.17, 15) is 26.0 Å². The number of halogens is 4.